The van der Waals surface area contributed by atoms with Crippen LogP contribution in [-0.4, -0.2) is 24.5 Å². The molecule has 3 heterocycles. The van der Waals surface area contributed by atoms with Gasteiger partial charge in [-0.2, -0.15) is 5.10 Å². The van der Waals surface area contributed by atoms with Crippen molar-refractivity contribution in [1.82, 2.24) is 24.5 Å². The standard InChI is InChI=1S/C20H18F2N6/c1-10-24-25-19-20(2,3)23-15-8-13(21)16(17(22)18(15)28(10)19)11-6-5-7-14-12(11)9-27(4)26-14/h5-9,23H,1-4H3. The molecule has 2 aromatic carbocycles. The summed E-state index contributed by atoms with van der Waals surface area (Å²) >= 11 is 0. The molecule has 5 rings (SSSR count). The van der Waals surface area contributed by atoms with Crippen molar-refractivity contribution in [2.45, 2.75) is 26.3 Å². The van der Waals surface area contributed by atoms with E-state index in [1.165, 1.54) is 6.07 Å². The second-order valence-electron chi connectivity index (χ2n) is 7.64. The fourth-order valence-corrected chi connectivity index (χ4v) is 3.98. The average molecular weight is 380 g/mol. The topological polar surface area (TPSA) is 60.6 Å². The van der Waals surface area contributed by atoms with Crippen LogP contribution in [0.3, 0.4) is 0 Å². The number of aryl methyl sites for hydroxylation is 2. The molecule has 0 atom stereocenters. The van der Waals surface area contributed by atoms with Crippen molar-refractivity contribution in [3.63, 3.8) is 0 Å². The fraction of sp³-hybridized carbons (Fsp3) is 0.250. The summed E-state index contributed by atoms with van der Waals surface area (Å²) < 4.78 is 34.3. The maximum atomic E-state index is 15.8. The van der Waals surface area contributed by atoms with Crippen molar-refractivity contribution in [2.24, 2.45) is 7.05 Å². The number of rotatable bonds is 1. The third-order valence-corrected chi connectivity index (χ3v) is 5.18. The molecule has 142 valence electrons. The van der Waals surface area contributed by atoms with Crippen LogP contribution in [0.4, 0.5) is 14.5 Å². The zero-order valence-corrected chi connectivity index (χ0v) is 15.9. The minimum atomic E-state index is -0.654. The van der Waals surface area contributed by atoms with E-state index in [0.717, 1.165) is 0 Å². The monoisotopic (exact) mass is 380 g/mol. The molecular weight excluding hydrogens is 362 g/mol. The first-order valence-electron chi connectivity index (χ1n) is 8.94. The van der Waals surface area contributed by atoms with Gasteiger partial charge in [0.05, 0.1) is 22.3 Å². The highest BCUT2D eigenvalue weighted by Gasteiger charge is 2.37. The van der Waals surface area contributed by atoms with Gasteiger partial charge in [-0.1, -0.05) is 12.1 Å². The number of benzene rings is 2. The number of nitrogens with one attached hydrogen (secondary N) is 1. The summed E-state index contributed by atoms with van der Waals surface area (Å²) in [5, 5.41) is 16.5. The number of fused-ring (bicyclic) bond motifs is 4. The van der Waals surface area contributed by atoms with Crippen LogP contribution < -0.4 is 5.32 Å². The van der Waals surface area contributed by atoms with Crippen LogP contribution in [0.25, 0.3) is 27.7 Å². The second kappa shape index (κ2) is 5.37. The van der Waals surface area contributed by atoms with E-state index in [9.17, 15) is 0 Å². The fourth-order valence-electron chi connectivity index (χ4n) is 3.98. The lowest BCUT2D eigenvalue weighted by Gasteiger charge is -2.34. The zero-order valence-electron chi connectivity index (χ0n) is 15.9. The van der Waals surface area contributed by atoms with Gasteiger partial charge in [0.15, 0.2) is 11.6 Å². The molecule has 6 nitrogen and oxygen atoms in total. The molecule has 0 saturated carbocycles. The molecule has 0 radical (unpaired) electrons. The SMILES string of the molecule is Cc1nnc2n1-c1c(cc(F)c(-c3cccc4nn(C)cc34)c1F)NC2(C)C. The summed E-state index contributed by atoms with van der Waals surface area (Å²) in [6.07, 6.45) is 1.76. The highest BCUT2D eigenvalue weighted by atomic mass is 19.1. The van der Waals surface area contributed by atoms with Gasteiger partial charge in [0.1, 0.15) is 17.3 Å². The molecular formula is C20H18F2N6. The Bertz CT molecular complexity index is 1270. The van der Waals surface area contributed by atoms with Gasteiger partial charge in [-0.15, -0.1) is 10.2 Å². The van der Waals surface area contributed by atoms with E-state index in [-0.39, 0.29) is 11.3 Å². The van der Waals surface area contributed by atoms with Crippen molar-refractivity contribution in [3.05, 3.63) is 53.7 Å². The number of halogens is 2. The van der Waals surface area contributed by atoms with Crippen LogP contribution in [0, 0.1) is 18.6 Å². The van der Waals surface area contributed by atoms with Crippen molar-refractivity contribution in [1.29, 1.82) is 0 Å². The van der Waals surface area contributed by atoms with Crippen LogP contribution in [0.1, 0.15) is 25.5 Å². The largest absolute Gasteiger partial charge is 0.371 e. The Kier molecular flexibility index (Phi) is 3.23. The Hall–Kier alpha value is -3.29. The van der Waals surface area contributed by atoms with Gasteiger partial charge in [0.2, 0.25) is 0 Å². The van der Waals surface area contributed by atoms with Crippen LogP contribution in [0.2, 0.25) is 0 Å². The van der Waals surface area contributed by atoms with Crippen LogP contribution in [-0.2, 0) is 12.6 Å². The van der Waals surface area contributed by atoms with E-state index in [1.54, 1.807) is 41.5 Å². The highest BCUT2D eigenvalue weighted by molar-refractivity contribution is 5.95. The summed E-state index contributed by atoms with van der Waals surface area (Å²) in [6, 6.07) is 6.62. The maximum Gasteiger partial charge on any atom is 0.162 e. The molecule has 0 saturated heterocycles. The van der Waals surface area contributed by atoms with Gasteiger partial charge in [0.25, 0.3) is 0 Å². The maximum absolute atomic E-state index is 15.8. The lowest BCUT2D eigenvalue weighted by Crippen LogP contribution is -2.36. The zero-order chi connectivity index (χ0) is 19.8. The number of hydrogen-bond acceptors (Lipinski definition) is 4. The quantitative estimate of drug-likeness (QED) is 0.541. The molecule has 0 aliphatic carbocycles. The summed E-state index contributed by atoms with van der Waals surface area (Å²) in [5.74, 6) is -0.168. The second-order valence-corrected chi connectivity index (χ2v) is 7.64. The number of anilines is 1. The Morgan fingerprint density at radius 1 is 1.14 bits per heavy atom. The molecule has 1 aliphatic rings. The third kappa shape index (κ3) is 2.14. The van der Waals surface area contributed by atoms with E-state index in [1.807, 2.05) is 19.9 Å². The number of aromatic nitrogens is 5. The molecule has 0 unspecified atom stereocenters. The Labute approximate surface area is 159 Å². The van der Waals surface area contributed by atoms with Crippen LogP contribution in [0.15, 0.2) is 30.5 Å². The number of nitrogens with zero attached hydrogens (tertiary/aromatic N) is 5. The Morgan fingerprint density at radius 2 is 1.93 bits per heavy atom. The van der Waals surface area contributed by atoms with Gasteiger partial charge >= 0.3 is 0 Å². The van der Waals surface area contributed by atoms with Gasteiger partial charge in [-0.25, -0.2) is 8.78 Å². The molecule has 4 aromatic rings. The normalized spacial score (nSPS) is 14.6. The van der Waals surface area contributed by atoms with E-state index in [4.69, 9.17) is 0 Å². The minimum absolute atomic E-state index is 0.0853. The first-order valence-corrected chi connectivity index (χ1v) is 8.94. The lowest BCUT2D eigenvalue weighted by molar-refractivity contribution is 0.517. The van der Waals surface area contributed by atoms with Gasteiger partial charge in [-0.05, 0) is 32.4 Å². The molecule has 2 aromatic heterocycles. The summed E-state index contributed by atoms with van der Waals surface area (Å²) in [6.45, 7) is 5.55. The first-order chi connectivity index (χ1) is 13.3. The van der Waals surface area contributed by atoms with Gasteiger partial charge < -0.3 is 5.32 Å². The van der Waals surface area contributed by atoms with Gasteiger partial charge in [0, 0.05) is 24.7 Å². The van der Waals surface area contributed by atoms with Crippen molar-refractivity contribution in [3.8, 4) is 16.8 Å². The Morgan fingerprint density at radius 3 is 2.71 bits per heavy atom. The van der Waals surface area contributed by atoms with Gasteiger partial charge in [-0.3, -0.25) is 9.25 Å². The highest BCUT2D eigenvalue weighted by Crippen LogP contribution is 2.43. The van der Waals surface area contributed by atoms with Crippen molar-refractivity contribution in [2.75, 3.05) is 5.32 Å². The predicted molar refractivity (Wildman–Crippen MR) is 102 cm³/mol. The summed E-state index contributed by atoms with van der Waals surface area (Å²) in [5.41, 5.74) is 1.04. The summed E-state index contributed by atoms with van der Waals surface area (Å²) in [4.78, 5) is 0. The number of hydrogen-bond donors (Lipinski definition) is 1. The third-order valence-electron chi connectivity index (χ3n) is 5.18. The molecule has 8 heteroatoms. The molecule has 28 heavy (non-hydrogen) atoms. The van der Waals surface area contributed by atoms with E-state index < -0.39 is 17.2 Å². The van der Waals surface area contributed by atoms with Crippen LogP contribution in [0.5, 0.6) is 0 Å². The van der Waals surface area contributed by atoms with E-state index in [0.29, 0.717) is 33.8 Å². The molecule has 0 spiro atoms. The molecule has 0 amide bonds. The van der Waals surface area contributed by atoms with E-state index in [2.05, 4.69) is 20.6 Å². The van der Waals surface area contributed by atoms with E-state index >= 15 is 8.78 Å². The Balaban J connectivity index is 1.86. The molecule has 1 aliphatic heterocycles. The predicted octanol–water partition coefficient (Wildman–Crippen LogP) is 4.07. The van der Waals surface area contributed by atoms with Crippen molar-refractivity contribution < 1.29 is 8.78 Å². The first kappa shape index (κ1) is 16.9. The molecule has 1 N–H and O–H groups in total. The molecule has 0 fully saturated rings. The average Bonchev–Trinajstić information content (AvgIpc) is 3.17. The van der Waals surface area contributed by atoms with Crippen molar-refractivity contribution >= 4 is 16.6 Å². The lowest BCUT2D eigenvalue weighted by atomic mass is 9.95. The molecule has 0 bridgehead atoms. The summed E-state index contributed by atoms with van der Waals surface area (Å²) in [7, 11) is 1.78. The minimum Gasteiger partial charge on any atom is -0.371 e. The smallest absolute Gasteiger partial charge is 0.162 e. The van der Waals surface area contributed by atoms with Crippen LogP contribution >= 0.6 is 0 Å².